The average molecular weight is 353 g/mol. The van der Waals surface area contributed by atoms with Gasteiger partial charge in [-0.05, 0) is 78.3 Å². The summed E-state index contributed by atoms with van der Waals surface area (Å²) in [6.07, 6.45) is 4.28. The summed E-state index contributed by atoms with van der Waals surface area (Å²) in [6.45, 7) is 0. The highest BCUT2D eigenvalue weighted by atomic mass is 16.5. The quantitative estimate of drug-likeness (QED) is 0.489. The highest BCUT2D eigenvalue weighted by Gasteiger charge is 2.12. The van der Waals surface area contributed by atoms with Gasteiger partial charge in [0.2, 0.25) is 0 Å². The summed E-state index contributed by atoms with van der Waals surface area (Å²) in [7, 11) is 1.71. The third kappa shape index (κ3) is 3.12. The minimum absolute atomic E-state index is 0.896. The van der Waals surface area contributed by atoms with Crippen molar-refractivity contribution in [3.63, 3.8) is 0 Å². The van der Waals surface area contributed by atoms with Gasteiger partial charge in [-0.2, -0.15) is 0 Å². The number of fused-ring (bicyclic) bond motifs is 1. The molecule has 0 spiro atoms. The lowest BCUT2D eigenvalue weighted by molar-refractivity contribution is 0.415. The third-order valence-electron chi connectivity index (χ3n) is 5.70. The van der Waals surface area contributed by atoms with Gasteiger partial charge in [0.25, 0.3) is 0 Å². The number of aromatic amines is 1. The van der Waals surface area contributed by atoms with E-state index in [2.05, 4.69) is 65.6 Å². The molecule has 0 radical (unpaired) electrons. The van der Waals surface area contributed by atoms with Gasteiger partial charge >= 0.3 is 0 Å². The first-order valence-electron chi connectivity index (χ1n) is 9.65. The highest BCUT2D eigenvalue weighted by molar-refractivity contribution is 5.87. The molecule has 1 N–H and O–H groups in total. The van der Waals surface area contributed by atoms with E-state index >= 15 is 0 Å². The number of H-pyrrole nitrogens is 1. The van der Waals surface area contributed by atoms with Crippen molar-refractivity contribution in [1.82, 2.24) is 4.98 Å². The van der Waals surface area contributed by atoms with E-state index in [1.54, 1.807) is 7.11 Å². The van der Waals surface area contributed by atoms with E-state index in [1.165, 1.54) is 38.9 Å². The fourth-order valence-electron chi connectivity index (χ4n) is 4.07. The minimum atomic E-state index is 0.896. The van der Waals surface area contributed by atoms with Crippen molar-refractivity contribution < 1.29 is 4.74 Å². The Balaban J connectivity index is 1.60. The topological polar surface area (TPSA) is 25.0 Å². The Bertz CT molecular complexity index is 1110. The van der Waals surface area contributed by atoms with Crippen molar-refractivity contribution in [3.05, 3.63) is 89.0 Å². The van der Waals surface area contributed by atoms with Crippen LogP contribution in [0.5, 0.6) is 5.75 Å². The van der Waals surface area contributed by atoms with Gasteiger partial charge in [0.1, 0.15) is 5.75 Å². The second kappa shape index (κ2) is 6.62. The molecule has 4 aromatic rings. The lowest BCUT2D eigenvalue weighted by Gasteiger charge is -2.14. The molecule has 1 heterocycles. The molecule has 134 valence electrons. The number of benzene rings is 3. The predicted octanol–water partition coefficient (Wildman–Crippen LogP) is 5.73. The molecule has 0 fully saturated rings. The lowest BCUT2D eigenvalue weighted by Crippen LogP contribution is -2.00. The van der Waals surface area contributed by atoms with Crippen LogP contribution in [-0.2, 0) is 25.7 Å². The molecule has 8 rings (SSSR count). The molecular weight excluding hydrogens is 330 g/mol. The standard InChI is InChI=1S/C25H23NO/c1-27-22-12-13-24-21(15-22)16-25(26-24)23-14-19-7-6-17-2-4-18(5-3-17)8-10-20(23)11-9-19/h2-5,9,11-16,26H,6-8,10H2,1H3. The van der Waals surface area contributed by atoms with Crippen LogP contribution < -0.4 is 4.74 Å². The van der Waals surface area contributed by atoms with Crippen LogP contribution in [0.2, 0.25) is 0 Å². The third-order valence-corrected chi connectivity index (χ3v) is 5.70. The summed E-state index contributed by atoms with van der Waals surface area (Å²) < 4.78 is 5.38. The van der Waals surface area contributed by atoms with Gasteiger partial charge in [-0.1, -0.05) is 36.4 Å². The first-order valence-corrected chi connectivity index (χ1v) is 9.65. The van der Waals surface area contributed by atoms with Crippen molar-refractivity contribution in [2.75, 3.05) is 7.11 Å². The number of aryl methyl sites for hydroxylation is 4. The molecule has 3 aromatic carbocycles. The van der Waals surface area contributed by atoms with E-state index in [9.17, 15) is 0 Å². The normalized spacial score (nSPS) is 13.5. The van der Waals surface area contributed by atoms with Gasteiger partial charge in [-0.3, -0.25) is 0 Å². The number of nitrogens with one attached hydrogen (secondary N) is 1. The van der Waals surface area contributed by atoms with Crippen molar-refractivity contribution >= 4 is 10.9 Å². The average Bonchev–Trinajstić information content (AvgIpc) is 3.13. The van der Waals surface area contributed by atoms with Crippen LogP contribution in [-0.4, -0.2) is 12.1 Å². The molecule has 0 atom stereocenters. The fourth-order valence-corrected chi connectivity index (χ4v) is 4.07. The summed E-state index contributed by atoms with van der Waals surface area (Å²) in [6, 6.07) is 24.6. The van der Waals surface area contributed by atoms with Crippen LogP contribution in [0.25, 0.3) is 22.2 Å². The molecule has 0 saturated heterocycles. The van der Waals surface area contributed by atoms with Crippen LogP contribution in [0.4, 0.5) is 0 Å². The maximum Gasteiger partial charge on any atom is 0.119 e. The SMILES string of the molecule is COc1ccc2[nH]c(-c3cc4ccc3CCc3ccc(cc3)CC4)cc2c1. The Morgan fingerprint density at radius 1 is 0.704 bits per heavy atom. The van der Waals surface area contributed by atoms with Crippen LogP contribution >= 0.6 is 0 Å². The van der Waals surface area contributed by atoms with Crippen molar-refractivity contribution in [1.29, 1.82) is 0 Å². The van der Waals surface area contributed by atoms with Crippen LogP contribution in [0, 0.1) is 0 Å². The number of ether oxygens (including phenoxy) is 1. The summed E-state index contributed by atoms with van der Waals surface area (Å²) in [5.41, 5.74) is 9.31. The van der Waals surface area contributed by atoms with Crippen molar-refractivity contribution in [2.24, 2.45) is 0 Å². The second-order valence-electron chi connectivity index (χ2n) is 7.44. The van der Waals surface area contributed by atoms with Gasteiger partial charge < -0.3 is 9.72 Å². The number of hydrogen-bond acceptors (Lipinski definition) is 1. The van der Waals surface area contributed by atoms with E-state index in [0.29, 0.717) is 0 Å². The maximum absolute atomic E-state index is 5.38. The zero-order valence-corrected chi connectivity index (χ0v) is 15.6. The van der Waals surface area contributed by atoms with Gasteiger partial charge in [0, 0.05) is 22.2 Å². The number of hydrogen-bond donors (Lipinski definition) is 1. The Morgan fingerprint density at radius 2 is 1.41 bits per heavy atom. The first-order chi connectivity index (χ1) is 13.3. The molecule has 4 aliphatic carbocycles. The molecule has 0 saturated carbocycles. The summed E-state index contributed by atoms with van der Waals surface area (Å²) in [5, 5.41) is 1.19. The minimum Gasteiger partial charge on any atom is -0.497 e. The highest BCUT2D eigenvalue weighted by Crippen LogP contribution is 2.31. The smallest absolute Gasteiger partial charge is 0.119 e. The molecule has 0 amide bonds. The zero-order chi connectivity index (χ0) is 18.2. The molecule has 0 aliphatic heterocycles. The largest absolute Gasteiger partial charge is 0.497 e. The Hall–Kier alpha value is -3.00. The Kier molecular flexibility index (Phi) is 3.97. The molecule has 2 heteroatoms. The summed E-state index contributed by atoms with van der Waals surface area (Å²) >= 11 is 0. The van der Waals surface area contributed by atoms with E-state index in [-0.39, 0.29) is 0 Å². The molecule has 0 unspecified atom stereocenters. The van der Waals surface area contributed by atoms with Gasteiger partial charge in [-0.25, -0.2) is 0 Å². The monoisotopic (exact) mass is 353 g/mol. The van der Waals surface area contributed by atoms with Crippen molar-refractivity contribution in [3.8, 4) is 17.0 Å². The Morgan fingerprint density at radius 3 is 2.19 bits per heavy atom. The van der Waals surface area contributed by atoms with E-state index in [0.717, 1.165) is 36.9 Å². The van der Waals surface area contributed by atoms with Gasteiger partial charge in [0.15, 0.2) is 0 Å². The molecule has 27 heavy (non-hydrogen) atoms. The van der Waals surface area contributed by atoms with Gasteiger partial charge in [-0.15, -0.1) is 0 Å². The Labute approximate surface area is 159 Å². The summed E-state index contributed by atoms with van der Waals surface area (Å²) in [4.78, 5) is 3.62. The second-order valence-corrected chi connectivity index (χ2v) is 7.44. The number of rotatable bonds is 2. The molecule has 1 aromatic heterocycles. The van der Waals surface area contributed by atoms with Gasteiger partial charge in [0.05, 0.1) is 7.11 Å². The fraction of sp³-hybridized carbons (Fsp3) is 0.200. The van der Waals surface area contributed by atoms with Crippen LogP contribution in [0.3, 0.4) is 0 Å². The zero-order valence-electron chi connectivity index (χ0n) is 15.6. The molecule has 4 aliphatic rings. The molecule has 4 bridgehead atoms. The van der Waals surface area contributed by atoms with E-state index < -0.39 is 0 Å². The maximum atomic E-state index is 5.38. The van der Waals surface area contributed by atoms with Crippen molar-refractivity contribution in [2.45, 2.75) is 25.7 Å². The first kappa shape index (κ1) is 16.2. The van der Waals surface area contributed by atoms with Crippen LogP contribution in [0.15, 0.2) is 66.7 Å². The lowest BCUT2D eigenvalue weighted by atomic mass is 9.92. The van der Waals surface area contributed by atoms with E-state index in [4.69, 9.17) is 4.74 Å². The predicted molar refractivity (Wildman–Crippen MR) is 112 cm³/mol. The number of aromatic nitrogens is 1. The number of methoxy groups -OCH3 is 1. The molecule has 2 nitrogen and oxygen atoms in total. The summed E-state index contributed by atoms with van der Waals surface area (Å²) in [5.74, 6) is 0.896. The van der Waals surface area contributed by atoms with E-state index in [1.807, 2.05) is 6.07 Å². The van der Waals surface area contributed by atoms with Crippen LogP contribution in [0.1, 0.15) is 22.3 Å². The molecular formula is C25H23NO.